The molecule has 1 aromatic heterocycles. The van der Waals surface area contributed by atoms with Crippen molar-refractivity contribution in [3.63, 3.8) is 0 Å². The van der Waals surface area contributed by atoms with Crippen LogP contribution in [0.2, 0.25) is 0 Å². The number of amidine groups is 2. The van der Waals surface area contributed by atoms with Crippen molar-refractivity contribution in [3.8, 4) is 0 Å². The number of hydrogen-bond acceptors (Lipinski definition) is 1. The van der Waals surface area contributed by atoms with E-state index in [1.165, 1.54) is 12.8 Å². The summed E-state index contributed by atoms with van der Waals surface area (Å²) in [5, 5.41) is 0. The Morgan fingerprint density at radius 3 is 2.65 bits per heavy atom. The highest BCUT2D eigenvalue weighted by Gasteiger charge is 2.12. The second-order valence-electron chi connectivity index (χ2n) is 5.09. The zero-order chi connectivity index (χ0) is 14.4. The fourth-order valence-corrected chi connectivity index (χ4v) is 2.44. The molecule has 1 N–H and O–H groups in total. The molecule has 4 nitrogen and oxygen atoms in total. The molecule has 0 aromatic carbocycles. The molecule has 1 aliphatic rings. The number of H-pyrrole nitrogens is 1. The van der Waals surface area contributed by atoms with Crippen molar-refractivity contribution < 1.29 is 0 Å². The molecule has 108 valence electrons. The molecule has 0 spiro atoms. The van der Waals surface area contributed by atoms with Gasteiger partial charge >= 0.3 is 0 Å². The van der Waals surface area contributed by atoms with Gasteiger partial charge in [-0.25, -0.2) is 9.98 Å². The average Bonchev–Trinajstić information content (AvgIpc) is 3.11. The van der Waals surface area contributed by atoms with Gasteiger partial charge in [-0.05, 0) is 45.2 Å². The molecule has 1 aromatic rings. The normalized spacial score (nSPS) is 17.9. The predicted molar refractivity (Wildman–Crippen MR) is 86.1 cm³/mol. The maximum atomic E-state index is 4.65. The monoisotopic (exact) mass is 272 g/mol. The van der Waals surface area contributed by atoms with Gasteiger partial charge in [0, 0.05) is 19.3 Å². The summed E-state index contributed by atoms with van der Waals surface area (Å²) >= 11 is 0. The SMILES string of the molecule is CC/C=C(/N=C(C)N=C(C)N1CCCC1)c1ccc[nH]1. The third kappa shape index (κ3) is 3.83. The molecular formula is C16H24N4. The fourth-order valence-electron chi connectivity index (χ4n) is 2.44. The first-order valence-electron chi connectivity index (χ1n) is 7.40. The van der Waals surface area contributed by atoms with Crippen LogP contribution < -0.4 is 0 Å². The summed E-state index contributed by atoms with van der Waals surface area (Å²) in [6.07, 6.45) is 7.54. The first-order valence-corrected chi connectivity index (χ1v) is 7.40. The Balaban J connectivity index is 2.15. The molecule has 2 rings (SSSR count). The summed E-state index contributed by atoms with van der Waals surface area (Å²) < 4.78 is 0. The third-order valence-electron chi connectivity index (χ3n) is 3.44. The first kappa shape index (κ1) is 14.6. The lowest BCUT2D eigenvalue weighted by Crippen LogP contribution is -2.25. The van der Waals surface area contributed by atoms with Gasteiger partial charge in [0.15, 0.2) is 0 Å². The molecule has 0 unspecified atom stereocenters. The second kappa shape index (κ2) is 7.08. The van der Waals surface area contributed by atoms with Crippen LogP contribution in [0.25, 0.3) is 5.70 Å². The molecule has 0 amide bonds. The van der Waals surface area contributed by atoms with Crippen LogP contribution in [0.1, 0.15) is 45.7 Å². The minimum atomic E-state index is 0.809. The molecule has 2 heterocycles. The average molecular weight is 272 g/mol. The van der Waals surface area contributed by atoms with E-state index in [2.05, 4.69) is 39.8 Å². The molecule has 20 heavy (non-hydrogen) atoms. The minimum absolute atomic E-state index is 0.809. The number of hydrogen-bond donors (Lipinski definition) is 1. The van der Waals surface area contributed by atoms with Crippen molar-refractivity contribution in [2.45, 2.75) is 40.0 Å². The summed E-state index contributed by atoms with van der Waals surface area (Å²) in [6.45, 7) is 8.40. The Labute approximate surface area is 121 Å². The van der Waals surface area contributed by atoms with E-state index in [0.29, 0.717) is 0 Å². The highest BCUT2D eigenvalue weighted by Crippen LogP contribution is 2.15. The van der Waals surface area contributed by atoms with Crippen molar-refractivity contribution >= 4 is 17.4 Å². The predicted octanol–water partition coefficient (Wildman–Crippen LogP) is 3.70. The molecule has 0 aliphatic carbocycles. The lowest BCUT2D eigenvalue weighted by atomic mass is 10.2. The van der Waals surface area contributed by atoms with Crippen LogP contribution in [0.15, 0.2) is 34.4 Å². The number of nitrogens with one attached hydrogen (secondary N) is 1. The maximum Gasteiger partial charge on any atom is 0.128 e. The first-order chi connectivity index (χ1) is 9.70. The summed E-state index contributed by atoms with van der Waals surface area (Å²) in [4.78, 5) is 14.8. The van der Waals surface area contributed by atoms with Gasteiger partial charge < -0.3 is 9.88 Å². The molecule has 0 radical (unpaired) electrons. The van der Waals surface area contributed by atoms with Gasteiger partial charge in [0.1, 0.15) is 11.7 Å². The summed E-state index contributed by atoms with van der Waals surface area (Å²) in [5.74, 6) is 1.88. The Bertz CT molecular complexity index is 503. The van der Waals surface area contributed by atoms with Crippen LogP contribution in [0.4, 0.5) is 0 Å². The van der Waals surface area contributed by atoms with E-state index in [9.17, 15) is 0 Å². The Hall–Kier alpha value is -1.84. The van der Waals surface area contributed by atoms with Gasteiger partial charge in [-0.1, -0.05) is 13.0 Å². The van der Waals surface area contributed by atoms with Crippen LogP contribution >= 0.6 is 0 Å². The smallest absolute Gasteiger partial charge is 0.128 e. The number of aromatic nitrogens is 1. The van der Waals surface area contributed by atoms with E-state index < -0.39 is 0 Å². The molecule has 4 heteroatoms. The maximum absolute atomic E-state index is 4.65. The largest absolute Gasteiger partial charge is 0.360 e. The van der Waals surface area contributed by atoms with Crippen LogP contribution in [0.3, 0.4) is 0 Å². The lowest BCUT2D eigenvalue weighted by molar-refractivity contribution is 0.517. The summed E-state index contributed by atoms with van der Waals surface area (Å²) in [5.41, 5.74) is 2.01. The molecule has 1 aliphatic heterocycles. The van der Waals surface area contributed by atoms with Crippen LogP contribution in [-0.4, -0.2) is 34.6 Å². The minimum Gasteiger partial charge on any atom is -0.360 e. The zero-order valence-electron chi connectivity index (χ0n) is 12.7. The number of rotatable bonds is 3. The van der Waals surface area contributed by atoms with E-state index in [0.717, 1.165) is 42.6 Å². The number of aliphatic imine (C=N–C) groups is 2. The van der Waals surface area contributed by atoms with Gasteiger partial charge in [0.25, 0.3) is 0 Å². The third-order valence-corrected chi connectivity index (χ3v) is 3.44. The van der Waals surface area contributed by atoms with E-state index in [1.807, 2.05) is 25.3 Å². The summed E-state index contributed by atoms with van der Waals surface area (Å²) in [6, 6.07) is 4.03. The zero-order valence-corrected chi connectivity index (χ0v) is 12.7. The van der Waals surface area contributed by atoms with Crippen molar-refractivity contribution in [2.75, 3.05) is 13.1 Å². The number of nitrogens with zero attached hydrogens (tertiary/aromatic N) is 3. The van der Waals surface area contributed by atoms with E-state index in [4.69, 9.17) is 0 Å². The van der Waals surface area contributed by atoms with Crippen LogP contribution in [-0.2, 0) is 0 Å². The second-order valence-corrected chi connectivity index (χ2v) is 5.09. The Kier molecular flexibility index (Phi) is 5.16. The van der Waals surface area contributed by atoms with Crippen LogP contribution in [0.5, 0.6) is 0 Å². The molecule has 0 atom stereocenters. The quantitative estimate of drug-likeness (QED) is 0.661. The van der Waals surface area contributed by atoms with Crippen LogP contribution in [0, 0.1) is 0 Å². The molecular weight excluding hydrogens is 248 g/mol. The molecule has 0 saturated carbocycles. The highest BCUT2D eigenvalue weighted by atomic mass is 15.2. The Morgan fingerprint density at radius 2 is 2.05 bits per heavy atom. The number of likely N-dealkylation sites (tertiary alicyclic amines) is 1. The van der Waals surface area contributed by atoms with Crippen molar-refractivity contribution in [1.29, 1.82) is 0 Å². The lowest BCUT2D eigenvalue weighted by Gasteiger charge is -2.16. The number of allylic oxidation sites excluding steroid dienone is 1. The molecule has 1 fully saturated rings. The molecule has 1 saturated heterocycles. The van der Waals surface area contributed by atoms with Crippen molar-refractivity contribution in [1.82, 2.24) is 9.88 Å². The summed E-state index contributed by atoms with van der Waals surface area (Å²) in [7, 11) is 0. The van der Waals surface area contributed by atoms with E-state index in [1.54, 1.807) is 0 Å². The fraction of sp³-hybridized carbons (Fsp3) is 0.500. The number of aromatic amines is 1. The van der Waals surface area contributed by atoms with Gasteiger partial charge in [0.2, 0.25) is 0 Å². The standard InChI is InChI=1S/C16H24N4/c1-4-8-16(15-9-7-10-17-15)19-13(2)18-14(3)20-11-5-6-12-20/h7-10,17H,4-6,11-12H2,1-3H3/b16-8+,18-14?,19-13?. The van der Waals surface area contributed by atoms with Gasteiger partial charge in [-0.2, -0.15) is 0 Å². The Morgan fingerprint density at radius 1 is 1.30 bits per heavy atom. The van der Waals surface area contributed by atoms with Crippen molar-refractivity contribution in [2.24, 2.45) is 9.98 Å². The van der Waals surface area contributed by atoms with Crippen molar-refractivity contribution in [3.05, 3.63) is 30.1 Å². The van der Waals surface area contributed by atoms with E-state index in [-0.39, 0.29) is 0 Å². The van der Waals surface area contributed by atoms with Gasteiger partial charge in [-0.15, -0.1) is 0 Å². The topological polar surface area (TPSA) is 43.8 Å². The van der Waals surface area contributed by atoms with Gasteiger partial charge in [0.05, 0.1) is 11.4 Å². The highest BCUT2D eigenvalue weighted by molar-refractivity contribution is 5.97. The van der Waals surface area contributed by atoms with Gasteiger partial charge in [-0.3, -0.25) is 0 Å². The van der Waals surface area contributed by atoms with E-state index >= 15 is 0 Å². The molecule has 0 bridgehead atoms.